The van der Waals surface area contributed by atoms with Gasteiger partial charge in [0, 0.05) is 51.1 Å². The number of piperidine rings is 1. The highest BCUT2D eigenvalue weighted by atomic mass is 16.3. The van der Waals surface area contributed by atoms with Gasteiger partial charge in [0.25, 0.3) is 5.91 Å². The number of carbonyl (C=O) groups excluding carboxylic acids is 1. The van der Waals surface area contributed by atoms with Crippen LogP contribution in [0.4, 0.5) is 11.8 Å². The van der Waals surface area contributed by atoms with Gasteiger partial charge in [0.2, 0.25) is 5.95 Å². The third kappa shape index (κ3) is 3.98. The number of aromatic nitrogens is 2. The molecule has 1 aliphatic rings. The first-order chi connectivity index (χ1) is 12.5. The van der Waals surface area contributed by atoms with E-state index in [4.69, 9.17) is 9.40 Å². The summed E-state index contributed by atoms with van der Waals surface area (Å²) in [5.41, 5.74) is 1.92. The SMILES string of the molecule is Cc1cnc(N2CCCC(CNC(=O)c3occc3C)C2)nc1N(C)C. The average molecular weight is 357 g/mol. The Labute approximate surface area is 154 Å². The van der Waals surface area contributed by atoms with Crippen LogP contribution in [0.3, 0.4) is 0 Å². The molecule has 0 aromatic carbocycles. The summed E-state index contributed by atoms with van der Waals surface area (Å²) < 4.78 is 5.26. The van der Waals surface area contributed by atoms with Gasteiger partial charge in [-0.25, -0.2) is 4.98 Å². The molecule has 1 N–H and O–H groups in total. The van der Waals surface area contributed by atoms with E-state index in [9.17, 15) is 4.79 Å². The van der Waals surface area contributed by atoms with Gasteiger partial charge in [0.05, 0.1) is 6.26 Å². The van der Waals surface area contributed by atoms with Gasteiger partial charge in [-0.2, -0.15) is 4.98 Å². The molecule has 140 valence electrons. The lowest BCUT2D eigenvalue weighted by Gasteiger charge is -2.33. The fourth-order valence-electron chi connectivity index (χ4n) is 3.37. The Bertz CT molecular complexity index is 771. The van der Waals surface area contributed by atoms with Crippen molar-refractivity contribution in [3.8, 4) is 0 Å². The van der Waals surface area contributed by atoms with Crippen molar-refractivity contribution in [2.45, 2.75) is 26.7 Å². The fourth-order valence-corrected chi connectivity index (χ4v) is 3.37. The highest BCUT2D eigenvalue weighted by Gasteiger charge is 2.23. The normalized spacial score (nSPS) is 17.2. The van der Waals surface area contributed by atoms with Crippen molar-refractivity contribution >= 4 is 17.7 Å². The third-order valence-corrected chi connectivity index (χ3v) is 4.78. The minimum absolute atomic E-state index is 0.147. The van der Waals surface area contributed by atoms with Crippen molar-refractivity contribution in [1.82, 2.24) is 15.3 Å². The van der Waals surface area contributed by atoms with Crippen molar-refractivity contribution in [3.05, 3.63) is 35.4 Å². The molecule has 0 spiro atoms. The van der Waals surface area contributed by atoms with Crippen molar-refractivity contribution < 1.29 is 9.21 Å². The highest BCUT2D eigenvalue weighted by Crippen LogP contribution is 2.23. The molecule has 1 amide bonds. The summed E-state index contributed by atoms with van der Waals surface area (Å²) in [6.45, 7) is 6.30. The van der Waals surface area contributed by atoms with E-state index in [1.54, 1.807) is 12.3 Å². The molecule has 0 aliphatic carbocycles. The zero-order valence-electron chi connectivity index (χ0n) is 16.0. The maximum atomic E-state index is 12.2. The van der Waals surface area contributed by atoms with E-state index in [-0.39, 0.29) is 5.91 Å². The summed E-state index contributed by atoms with van der Waals surface area (Å²) >= 11 is 0. The van der Waals surface area contributed by atoms with Crippen LogP contribution in [0.15, 0.2) is 22.9 Å². The van der Waals surface area contributed by atoms with Gasteiger partial charge < -0.3 is 19.5 Å². The number of amides is 1. The molecule has 0 bridgehead atoms. The number of anilines is 2. The first-order valence-electron chi connectivity index (χ1n) is 9.04. The highest BCUT2D eigenvalue weighted by molar-refractivity contribution is 5.92. The van der Waals surface area contributed by atoms with Gasteiger partial charge in [0.15, 0.2) is 5.76 Å². The first-order valence-corrected chi connectivity index (χ1v) is 9.04. The number of rotatable bonds is 5. The third-order valence-electron chi connectivity index (χ3n) is 4.78. The fraction of sp³-hybridized carbons (Fsp3) is 0.526. The Morgan fingerprint density at radius 2 is 2.19 bits per heavy atom. The molecule has 1 saturated heterocycles. The summed E-state index contributed by atoms with van der Waals surface area (Å²) in [4.78, 5) is 25.7. The summed E-state index contributed by atoms with van der Waals surface area (Å²) in [6.07, 6.45) is 5.57. The monoisotopic (exact) mass is 357 g/mol. The van der Waals surface area contributed by atoms with Crippen LogP contribution in [0.1, 0.15) is 34.5 Å². The number of hydrogen-bond donors (Lipinski definition) is 1. The number of aryl methyl sites for hydroxylation is 2. The minimum atomic E-state index is -0.147. The lowest BCUT2D eigenvalue weighted by Crippen LogP contribution is -2.41. The Kier molecular flexibility index (Phi) is 5.44. The van der Waals surface area contributed by atoms with Crippen molar-refractivity contribution in [2.24, 2.45) is 5.92 Å². The van der Waals surface area contributed by atoms with Gasteiger partial charge in [-0.3, -0.25) is 4.79 Å². The summed E-state index contributed by atoms with van der Waals surface area (Å²) in [5, 5.41) is 3.00. The second-order valence-electron chi connectivity index (χ2n) is 7.17. The largest absolute Gasteiger partial charge is 0.459 e. The zero-order valence-corrected chi connectivity index (χ0v) is 16.0. The lowest BCUT2D eigenvalue weighted by molar-refractivity contribution is 0.0917. The maximum Gasteiger partial charge on any atom is 0.287 e. The molecule has 2 aromatic heterocycles. The molecule has 1 unspecified atom stereocenters. The Balaban J connectivity index is 1.62. The molecule has 1 fully saturated rings. The van der Waals surface area contributed by atoms with E-state index >= 15 is 0 Å². The standard InChI is InChI=1S/C19H27N5O2/c1-13-7-9-26-16(13)18(25)20-11-15-6-5-8-24(12-15)19-21-10-14(2)17(22-19)23(3)4/h7,9-10,15H,5-6,8,11-12H2,1-4H3,(H,20,25). The van der Waals surface area contributed by atoms with Crippen LogP contribution in [-0.2, 0) is 0 Å². The molecule has 7 nitrogen and oxygen atoms in total. The molecule has 2 aromatic rings. The molecule has 0 saturated carbocycles. The van der Waals surface area contributed by atoms with E-state index in [1.807, 2.05) is 39.0 Å². The first kappa shape index (κ1) is 18.2. The average Bonchev–Trinajstić information content (AvgIpc) is 3.06. The van der Waals surface area contributed by atoms with E-state index < -0.39 is 0 Å². The zero-order chi connectivity index (χ0) is 18.7. The summed E-state index contributed by atoms with van der Waals surface area (Å²) in [6, 6.07) is 1.80. The predicted octanol–water partition coefficient (Wildman–Crippen LogP) is 2.40. The molecule has 26 heavy (non-hydrogen) atoms. The van der Waals surface area contributed by atoms with Crippen molar-refractivity contribution in [1.29, 1.82) is 0 Å². The van der Waals surface area contributed by atoms with Gasteiger partial charge >= 0.3 is 0 Å². The Morgan fingerprint density at radius 1 is 1.38 bits per heavy atom. The minimum Gasteiger partial charge on any atom is -0.459 e. The van der Waals surface area contributed by atoms with Gasteiger partial charge in [0.1, 0.15) is 5.82 Å². The molecule has 1 atom stereocenters. The van der Waals surface area contributed by atoms with Gasteiger partial charge in [-0.05, 0) is 38.7 Å². The van der Waals surface area contributed by atoms with E-state index in [0.29, 0.717) is 18.2 Å². The van der Waals surface area contributed by atoms with E-state index in [0.717, 1.165) is 48.8 Å². The predicted molar refractivity (Wildman–Crippen MR) is 102 cm³/mol. The van der Waals surface area contributed by atoms with Crippen molar-refractivity contribution in [3.63, 3.8) is 0 Å². The van der Waals surface area contributed by atoms with Crippen LogP contribution in [-0.4, -0.2) is 49.6 Å². The quantitative estimate of drug-likeness (QED) is 0.886. The number of hydrogen-bond acceptors (Lipinski definition) is 6. The summed E-state index contributed by atoms with van der Waals surface area (Å²) in [7, 11) is 3.98. The van der Waals surface area contributed by atoms with Crippen LogP contribution in [0, 0.1) is 19.8 Å². The van der Waals surface area contributed by atoms with Crippen LogP contribution >= 0.6 is 0 Å². The molecular formula is C19H27N5O2. The Hall–Kier alpha value is -2.57. The van der Waals surface area contributed by atoms with E-state index in [2.05, 4.69) is 15.2 Å². The second-order valence-corrected chi connectivity index (χ2v) is 7.17. The van der Waals surface area contributed by atoms with Gasteiger partial charge in [-0.15, -0.1) is 0 Å². The molecule has 3 heterocycles. The van der Waals surface area contributed by atoms with Crippen molar-refractivity contribution in [2.75, 3.05) is 43.5 Å². The molecule has 0 radical (unpaired) electrons. The van der Waals surface area contributed by atoms with E-state index in [1.165, 1.54) is 0 Å². The molecule has 1 aliphatic heterocycles. The smallest absolute Gasteiger partial charge is 0.287 e. The maximum absolute atomic E-state index is 12.2. The second kappa shape index (κ2) is 7.76. The molecular weight excluding hydrogens is 330 g/mol. The number of nitrogens with zero attached hydrogens (tertiary/aromatic N) is 4. The number of carbonyl (C=O) groups is 1. The van der Waals surface area contributed by atoms with Gasteiger partial charge in [-0.1, -0.05) is 0 Å². The molecule has 7 heteroatoms. The van der Waals surface area contributed by atoms with Crippen LogP contribution in [0.25, 0.3) is 0 Å². The Morgan fingerprint density at radius 3 is 2.88 bits per heavy atom. The number of furan rings is 1. The van der Waals surface area contributed by atoms with Crippen LogP contribution in [0.2, 0.25) is 0 Å². The molecule has 3 rings (SSSR count). The number of nitrogens with one attached hydrogen (secondary N) is 1. The lowest BCUT2D eigenvalue weighted by atomic mass is 9.98. The topological polar surface area (TPSA) is 74.5 Å². The van der Waals surface area contributed by atoms with Crippen LogP contribution < -0.4 is 15.1 Å². The van der Waals surface area contributed by atoms with Crippen LogP contribution in [0.5, 0.6) is 0 Å². The summed E-state index contributed by atoms with van der Waals surface area (Å²) in [5.74, 6) is 2.33.